The van der Waals surface area contributed by atoms with Crippen molar-refractivity contribution in [2.75, 3.05) is 64.7 Å². The van der Waals surface area contributed by atoms with Gasteiger partial charge in [-0.2, -0.15) is 0 Å². The molecule has 15 nitrogen and oxygen atoms in total. The maximum atomic E-state index is 15.7. The Morgan fingerprint density at radius 2 is 1.67 bits per heavy atom. The molecule has 0 aliphatic carbocycles. The number of alkyl halides is 1. The number of hydrogen-bond acceptors (Lipinski definition) is 12. The molecular formula is C48H67FN10O5. The minimum Gasteiger partial charge on any atom is -0.507 e. The first-order valence-corrected chi connectivity index (χ1v) is 22.2. The maximum Gasteiger partial charge on any atom is 0.253 e. The van der Waals surface area contributed by atoms with Gasteiger partial charge < -0.3 is 61.7 Å². The van der Waals surface area contributed by atoms with E-state index in [4.69, 9.17) is 21.9 Å². The molecule has 3 saturated heterocycles. The van der Waals surface area contributed by atoms with Crippen molar-refractivity contribution >= 4 is 41.0 Å². The number of para-hydroxylation sites is 1. The highest BCUT2D eigenvalue weighted by atomic mass is 19.1. The van der Waals surface area contributed by atoms with Crippen LogP contribution in [0.2, 0.25) is 0 Å². The average Bonchev–Trinajstić information content (AvgIpc) is 3.40. The molecule has 4 aromatic rings. The number of phenols is 1. The van der Waals surface area contributed by atoms with Crippen molar-refractivity contribution in [1.82, 2.24) is 29.6 Å². The van der Waals surface area contributed by atoms with Gasteiger partial charge in [-0.25, -0.2) is 9.37 Å². The van der Waals surface area contributed by atoms with Crippen molar-refractivity contribution < 1.29 is 28.6 Å². The van der Waals surface area contributed by atoms with Crippen LogP contribution in [-0.4, -0.2) is 119 Å². The number of amides is 2. The summed E-state index contributed by atoms with van der Waals surface area (Å²) in [6.07, 6.45) is 12.4. The van der Waals surface area contributed by atoms with Gasteiger partial charge in [0.1, 0.15) is 35.3 Å². The molecular weight excluding hydrogens is 816 g/mol. The second kappa shape index (κ2) is 23.5. The Morgan fingerprint density at radius 1 is 0.984 bits per heavy atom. The molecule has 346 valence electrons. The molecule has 2 aromatic heterocycles. The maximum absolute atomic E-state index is 15.7. The van der Waals surface area contributed by atoms with Crippen molar-refractivity contribution in [3.63, 3.8) is 0 Å². The van der Waals surface area contributed by atoms with E-state index in [1.807, 2.05) is 60.9 Å². The first-order chi connectivity index (χ1) is 30.7. The zero-order valence-corrected chi connectivity index (χ0v) is 37.8. The van der Waals surface area contributed by atoms with Crippen molar-refractivity contribution in [3.05, 3.63) is 107 Å². The molecule has 2 amide bonds. The van der Waals surface area contributed by atoms with Crippen LogP contribution < -0.4 is 27.8 Å². The molecule has 3 aliphatic rings. The van der Waals surface area contributed by atoms with Gasteiger partial charge in [0.25, 0.3) is 5.91 Å². The number of carbonyl (C=O) groups is 3. The number of nitrogens with one attached hydrogen (secondary N) is 2. The van der Waals surface area contributed by atoms with Crippen molar-refractivity contribution in [3.8, 4) is 5.75 Å². The number of piperidine rings is 1. The number of morpholine rings is 1. The van der Waals surface area contributed by atoms with Gasteiger partial charge in [-0.3, -0.25) is 9.59 Å². The fraction of sp³-hybridized carbons (Fsp3) is 0.458. The van der Waals surface area contributed by atoms with Gasteiger partial charge in [0.2, 0.25) is 6.41 Å². The average molecular weight is 883 g/mol. The summed E-state index contributed by atoms with van der Waals surface area (Å²) in [5, 5.41) is 16.9. The summed E-state index contributed by atoms with van der Waals surface area (Å²) in [5.41, 5.74) is 23.6. The topological polar surface area (TPSA) is 210 Å². The highest BCUT2D eigenvalue weighted by Gasteiger charge is 2.38. The molecule has 0 radical (unpaired) electrons. The molecule has 7 rings (SSSR count). The lowest BCUT2D eigenvalue weighted by atomic mass is 9.92. The highest BCUT2D eigenvalue weighted by Crippen LogP contribution is 2.32. The van der Waals surface area contributed by atoms with Crippen molar-refractivity contribution in [2.24, 2.45) is 24.2 Å². The summed E-state index contributed by atoms with van der Waals surface area (Å²) in [6, 6.07) is 16.4. The van der Waals surface area contributed by atoms with Crippen LogP contribution in [-0.2, 0) is 21.4 Å². The lowest BCUT2D eigenvalue weighted by Crippen LogP contribution is -2.50. The lowest BCUT2D eigenvalue weighted by Gasteiger charge is -2.39. The van der Waals surface area contributed by atoms with Crippen LogP contribution in [0.25, 0.3) is 16.7 Å². The third kappa shape index (κ3) is 13.4. The van der Waals surface area contributed by atoms with Crippen LogP contribution in [0.3, 0.4) is 0 Å². The molecule has 0 bridgehead atoms. The third-order valence-corrected chi connectivity index (χ3v) is 11.9. The number of allylic oxidation sites excluding steroid dienone is 1. The largest absolute Gasteiger partial charge is 0.507 e. The van der Waals surface area contributed by atoms with Gasteiger partial charge in [-0.05, 0) is 87.3 Å². The van der Waals surface area contributed by atoms with Gasteiger partial charge >= 0.3 is 0 Å². The summed E-state index contributed by atoms with van der Waals surface area (Å²) in [5.74, 6) is 0.113. The summed E-state index contributed by atoms with van der Waals surface area (Å²) in [7, 11) is 3.92. The number of aldehydes is 1. The summed E-state index contributed by atoms with van der Waals surface area (Å²) in [6.45, 7) is 8.83. The molecule has 16 heteroatoms. The van der Waals surface area contributed by atoms with E-state index in [0.29, 0.717) is 87.5 Å². The van der Waals surface area contributed by atoms with Gasteiger partial charge in [0, 0.05) is 101 Å². The Bertz CT molecular complexity index is 2200. The van der Waals surface area contributed by atoms with E-state index in [1.54, 1.807) is 35.2 Å². The van der Waals surface area contributed by atoms with E-state index in [9.17, 15) is 19.5 Å². The lowest BCUT2D eigenvalue weighted by molar-refractivity contribution is -0.110. The number of nitrogens with zero attached hydrogens (tertiary/aromatic N) is 5. The number of aryl methyl sites for hydroxylation is 2. The molecule has 9 N–H and O–H groups in total. The Kier molecular flexibility index (Phi) is 18.0. The van der Waals surface area contributed by atoms with Crippen LogP contribution >= 0.6 is 0 Å². The van der Waals surface area contributed by atoms with Crippen LogP contribution in [0, 0.1) is 6.92 Å². The number of benzene rings is 2. The fourth-order valence-electron chi connectivity index (χ4n) is 8.41. The minimum absolute atomic E-state index is 0.0699. The molecule has 3 fully saturated rings. The quantitative estimate of drug-likeness (QED) is 0.0608. The summed E-state index contributed by atoms with van der Waals surface area (Å²) >= 11 is 0. The number of likely N-dealkylation sites (tertiary alicyclic amines) is 2. The third-order valence-electron chi connectivity index (χ3n) is 11.9. The number of fused-ring (bicyclic) bond motifs is 1. The van der Waals surface area contributed by atoms with Crippen LogP contribution in [0.4, 0.5) is 10.1 Å². The van der Waals surface area contributed by atoms with Gasteiger partial charge in [0.15, 0.2) is 0 Å². The molecule has 2 atom stereocenters. The number of phenolic OH excluding ortho intramolecular Hbond substituents is 1. The van der Waals surface area contributed by atoms with Crippen LogP contribution in [0.1, 0.15) is 85.0 Å². The van der Waals surface area contributed by atoms with E-state index in [-0.39, 0.29) is 29.7 Å². The van der Waals surface area contributed by atoms with Crippen LogP contribution in [0.15, 0.2) is 84.6 Å². The molecule has 64 heavy (non-hydrogen) atoms. The zero-order chi connectivity index (χ0) is 46.2. The van der Waals surface area contributed by atoms with E-state index in [1.165, 1.54) is 23.8 Å². The number of carbonyl (C=O) groups excluding carboxylic acids is 3. The molecule has 3 aliphatic heterocycles. The summed E-state index contributed by atoms with van der Waals surface area (Å²) in [4.78, 5) is 42.8. The smallest absolute Gasteiger partial charge is 0.253 e. The first kappa shape index (κ1) is 48.9. The normalized spacial score (nSPS) is 18.9. The summed E-state index contributed by atoms with van der Waals surface area (Å²) < 4.78 is 24.0. The van der Waals surface area contributed by atoms with Crippen molar-refractivity contribution in [2.45, 2.75) is 76.7 Å². The minimum atomic E-state index is -1.23. The Morgan fingerprint density at radius 3 is 2.30 bits per heavy atom. The number of ether oxygens (including phenoxy) is 1. The van der Waals surface area contributed by atoms with E-state index >= 15 is 4.39 Å². The predicted molar refractivity (Wildman–Crippen MR) is 251 cm³/mol. The predicted octanol–water partition coefficient (Wildman–Crippen LogP) is 5.31. The number of aromatic nitrogens is 2. The molecule has 0 saturated carbocycles. The Balaban J connectivity index is 0.000000315. The Hall–Kier alpha value is -6.13. The van der Waals surface area contributed by atoms with Crippen molar-refractivity contribution in [1.29, 1.82) is 0 Å². The van der Waals surface area contributed by atoms with Gasteiger partial charge in [-0.15, -0.1) is 0 Å². The molecule has 2 unspecified atom stereocenters. The zero-order valence-electron chi connectivity index (χ0n) is 37.8. The first-order valence-electron chi connectivity index (χ1n) is 22.2. The number of rotatable bonds is 12. The monoisotopic (exact) mass is 883 g/mol. The highest BCUT2D eigenvalue weighted by molar-refractivity contribution is 5.94. The van der Waals surface area contributed by atoms with E-state index < -0.39 is 5.67 Å². The number of nitrogens with two attached hydrogens (primary N) is 3. The molecule has 5 heterocycles. The number of aromatic hydroxyl groups is 1. The second-order valence-electron chi connectivity index (χ2n) is 16.8. The molecule has 2 aromatic carbocycles. The number of hydrogen-bond donors (Lipinski definition) is 6. The number of pyridine rings is 1. The SMILES string of the molecule is CC1CN(C(/C=C(\N)c2ccccc2O)=C(N)N)CC(c2ccc(C(=O)N3CCC(F)(CN4CCCCCC4)CC3)cc2)O1.CNc1cnc2c(c1)c(C)cn2C.O=CCCNC=O. The van der Waals surface area contributed by atoms with Gasteiger partial charge in [0.05, 0.1) is 23.7 Å². The standard InChI is InChI=1S/C34H47FN6O3.C10H13N3.C4H7NO2/c1-24-21-41(29(32(37)38)20-28(36)27-8-4-5-9-30(27)42)22-31(44-24)25-10-12-26(13-11-25)33(43)40-18-14-34(35,15-19-40)23-39-16-6-2-3-7-17-39;1-7-6-13(3)10-9(7)4-8(11-2)5-12-10;6-3-1-2-5-4-7/h4-5,8-13,20,24,31,42H,2-3,6-7,14-19,21-23,36-38H2,1H3;4-6,11H,1-3H3;3-4H,1-2H2,(H,5,7)/b28-20-;;. The Labute approximate surface area is 376 Å². The van der Waals surface area contributed by atoms with E-state index in [0.717, 1.165) is 49.1 Å². The molecule has 0 spiro atoms. The van der Waals surface area contributed by atoms with E-state index in [2.05, 4.69) is 39.7 Å². The second-order valence-corrected chi connectivity index (χ2v) is 16.8. The number of anilines is 1. The van der Waals surface area contributed by atoms with Crippen LogP contribution in [0.5, 0.6) is 5.75 Å². The number of halogens is 1. The fourth-order valence-corrected chi connectivity index (χ4v) is 8.41. The van der Waals surface area contributed by atoms with Gasteiger partial charge in [-0.1, -0.05) is 37.1 Å².